The molecule has 2 aliphatic heterocycles. The molecule has 0 aromatic heterocycles. The van der Waals surface area contributed by atoms with Crippen molar-refractivity contribution >= 4 is 29.5 Å². The zero-order valence-electron chi connectivity index (χ0n) is 14.4. The van der Waals surface area contributed by atoms with E-state index in [1.165, 1.54) is 38.2 Å². The molecule has 0 spiro atoms. The molecular formula is C16H15KN2O6S. The van der Waals surface area contributed by atoms with Crippen molar-refractivity contribution in [3.63, 3.8) is 0 Å². The summed E-state index contributed by atoms with van der Waals surface area (Å²) < 4.78 is 5.59. The first-order valence-electron chi connectivity index (χ1n) is 7.48. The van der Waals surface area contributed by atoms with Crippen molar-refractivity contribution < 1.29 is 80.7 Å². The van der Waals surface area contributed by atoms with Crippen LogP contribution in [0.1, 0.15) is 17.3 Å². The smallest absolute Gasteiger partial charge is 0.543 e. The fraction of sp³-hybridized carbons (Fsp3) is 0.312. The van der Waals surface area contributed by atoms with E-state index < -0.39 is 29.3 Å². The van der Waals surface area contributed by atoms with E-state index in [9.17, 15) is 24.6 Å². The number of aliphatic hydroxyl groups is 1. The molecule has 8 nitrogen and oxygen atoms in total. The zero-order valence-corrected chi connectivity index (χ0v) is 18.3. The maximum atomic E-state index is 12.1. The van der Waals surface area contributed by atoms with E-state index in [1.807, 2.05) is 0 Å². The number of rotatable bonds is 5. The van der Waals surface area contributed by atoms with E-state index in [4.69, 9.17) is 4.74 Å². The molecule has 1 saturated heterocycles. The second kappa shape index (κ2) is 8.42. The number of nitrogens with one attached hydrogen (secondary N) is 1. The van der Waals surface area contributed by atoms with Crippen LogP contribution in [-0.2, 0) is 9.59 Å². The first kappa shape index (κ1) is 21.4. The molecule has 1 aromatic rings. The van der Waals surface area contributed by atoms with Gasteiger partial charge in [0.1, 0.15) is 16.8 Å². The molecule has 0 aliphatic carbocycles. The SMILES string of the molecule is CNC(=O)c1ccc(OC2=C(C(=O)[O-])N3C(=O)[C@H]([C@@H](C)O)[C@H]3S2)cc1.[K+]. The van der Waals surface area contributed by atoms with E-state index in [0.29, 0.717) is 11.3 Å². The Labute approximate surface area is 196 Å². The summed E-state index contributed by atoms with van der Waals surface area (Å²) in [5.41, 5.74) is 0.0865. The summed E-state index contributed by atoms with van der Waals surface area (Å²) in [5, 5.41) is 23.1. The summed E-state index contributed by atoms with van der Waals surface area (Å²) >= 11 is 1.05. The van der Waals surface area contributed by atoms with Gasteiger partial charge in [-0.25, -0.2) is 0 Å². The predicted octanol–water partition coefficient (Wildman–Crippen LogP) is -3.74. The number of hydrogen-bond acceptors (Lipinski definition) is 7. The van der Waals surface area contributed by atoms with E-state index >= 15 is 0 Å². The predicted molar refractivity (Wildman–Crippen MR) is 85.9 cm³/mol. The van der Waals surface area contributed by atoms with Crippen LogP contribution >= 0.6 is 11.8 Å². The van der Waals surface area contributed by atoms with E-state index in [1.54, 1.807) is 0 Å². The van der Waals surface area contributed by atoms with Gasteiger partial charge in [0, 0.05) is 12.6 Å². The van der Waals surface area contributed by atoms with E-state index in [2.05, 4.69) is 5.32 Å². The summed E-state index contributed by atoms with van der Waals surface area (Å²) in [4.78, 5) is 36.1. The number of carboxylic acid groups (broad SMARTS) is 1. The molecular weight excluding hydrogens is 387 g/mol. The number of aliphatic carboxylic acids is 1. The number of benzene rings is 1. The number of ether oxygens (including phenoxy) is 1. The van der Waals surface area contributed by atoms with Crippen LogP contribution in [0.5, 0.6) is 5.75 Å². The topological polar surface area (TPSA) is 119 Å². The summed E-state index contributed by atoms with van der Waals surface area (Å²) in [6.07, 6.45) is -0.893. The minimum atomic E-state index is -1.52. The van der Waals surface area contributed by atoms with Crippen molar-refractivity contribution in [2.24, 2.45) is 5.92 Å². The van der Waals surface area contributed by atoms with E-state index in [0.717, 1.165) is 16.7 Å². The van der Waals surface area contributed by atoms with Gasteiger partial charge in [-0.15, -0.1) is 0 Å². The Bertz CT molecular complexity index is 779. The average Bonchev–Trinajstić information content (AvgIpc) is 2.88. The third kappa shape index (κ3) is 3.72. The number of aliphatic hydroxyl groups excluding tert-OH is 1. The van der Waals surface area contributed by atoms with Crippen molar-refractivity contribution in [2.75, 3.05) is 7.05 Å². The molecule has 132 valence electrons. The van der Waals surface area contributed by atoms with Gasteiger partial charge in [-0.2, -0.15) is 0 Å². The van der Waals surface area contributed by atoms with Gasteiger partial charge in [0.05, 0.1) is 18.0 Å². The van der Waals surface area contributed by atoms with Crippen molar-refractivity contribution in [2.45, 2.75) is 18.4 Å². The minimum Gasteiger partial charge on any atom is -0.543 e. The quantitative estimate of drug-likeness (QED) is 0.384. The molecule has 2 amide bonds. The average molecular weight is 402 g/mol. The number of carbonyl (C=O) groups is 3. The van der Waals surface area contributed by atoms with Crippen molar-refractivity contribution in [3.8, 4) is 5.75 Å². The molecule has 0 saturated carbocycles. The molecule has 2 N–H and O–H groups in total. The number of fused-ring (bicyclic) bond motifs is 1. The van der Waals surface area contributed by atoms with Crippen LogP contribution in [-0.4, -0.2) is 46.3 Å². The minimum absolute atomic E-state index is 0. The monoisotopic (exact) mass is 402 g/mol. The summed E-state index contributed by atoms with van der Waals surface area (Å²) in [6.45, 7) is 1.48. The third-order valence-electron chi connectivity index (χ3n) is 4.01. The largest absolute Gasteiger partial charge is 1.00 e. The molecule has 0 unspecified atom stereocenters. The molecule has 2 aliphatic rings. The number of carbonyl (C=O) groups excluding carboxylic acids is 3. The number of amides is 2. The molecule has 1 fully saturated rings. The van der Waals surface area contributed by atoms with Crippen LogP contribution in [0.2, 0.25) is 0 Å². The standard InChI is InChI=1S/C16H16N2O6S.K/c1-7(19)10-13(21)18-11(15(22)23)16(25-14(10)18)24-9-5-3-8(4-6-9)12(20)17-2;/h3-7,10,14,19H,1-2H3,(H,17,20)(H,22,23);/q;+1/p-1/t7-,10+,14-;/m1./s1. The number of carboxylic acids is 1. The Balaban J connectivity index is 0.00000243. The number of hydrogen-bond donors (Lipinski definition) is 2. The Morgan fingerprint density at radius 1 is 1.35 bits per heavy atom. The molecule has 1 aromatic carbocycles. The summed E-state index contributed by atoms with van der Waals surface area (Å²) in [6, 6.07) is 6.11. The van der Waals surface area contributed by atoms with Crippen LogP contribution < -0.4 is 66.5 Å². The Morgan fingerprint density at radius 2 is 1.96 bits per heavy atom. The fourth-order valence-corrected chi connectivity index (χ4v) is 4.20. The van der Waals surface area contributed by atoms with Gasteiger partial charge in [0.25, 0.3) is 5.91 Å². The van der Waals surface area contributed by atoms with Crippen molar-refractivity contribution in [1.29, 1.82) is 0 Å². The fourth-order valence-electron chi connectivity index (χ4n) is 2.74. The molecule has 10 heteroatoms. The summed E-state index contributed by atoms with van der Waals surface area (Å²) in [7, 11) is 1.51. The van der Waals surface area contributed by atoms with Crippen LogP contribution in [0.25, 0.3) is 0 Å². The van der Waals surface area contributed by atoms with Crippen LogP contribution in [0.4, 0.5) is 0 Å². The molecule has 26 heavy (non-hydrogen) atoms. The number of nitrogens with zero attached hydrogens (tertiary/aromatic N) is 1. The second-order valence-electron chi connectivity index (χ2n) is 5.61. The first-order valence-corrected chi connectivity index (χ1v) is 8.36. The van der Waals surface area contributed by atoms with E-state index in [-0.39, 0.29) is 68.1 Å². The van der Waals surface area contributed by atoms with Gasteiger partial charge < -0.3 is 25.1 Å². The Morgan fingerprint density at radius 3 is 2.46 bits per heavy atom. The zero-order chi connectivity index (χ0) is 18.3. The molecule has 0 radical (unpaired) electrons. The molecule has 2 heterocycles. The van der Waals surface area contributed by atoms with Crippen molar-refractivity contribution in [1.82, 2.24) is 10.2 Å². The second-order valence-corrected chi connectivity index (χ2v) is 6.70. The van der Waals surface area contributed by atoms with Crippen molar-refractivity contribution in [3.05, 3.63) is 40.6 Å². The van der Waals surface area contributed by atoms with Gasteiger partial charge in [-0.3, -0.25) is 14.5 Å². The Hall–Kier alpha value is -0.884. The van der Waals surface area contributed by atoms with Gasteiger partial charge >= 0.3 is 51.4 Å². The van der Waals surface area contributed by atoms with Gasteiger partial charge in [0.2, 0.25) is 5.91 Å². The summed E-state index contributed by atoms with van der Waals surface area (Å²) in [5.74, 6) is -2.62. The Kier molecular flexibility index (Phi) is 6.94. The van der Waals surface area contributed by atoms with Crippen LogP contribution in [0, 0.1) is 5.92 Å². The number of β-lactam (4-membered cyclic amide) rings is 1. The maximum absolute atomic E-state index is 12.1. The number of thioether (sulfide) groups is 1. The molecule has 0 bridgehead atoms. The van der Waals surface area contributed by atoms with Gasteiger partial charge in [-0.1, -0.05) is 11.8 Å². The normalized spacial score (nSPS) is 22.1. The van der Waals surface area contributed by atoms with Crippen LogP contribution in [0.15, 0.2) is 35.1 Å². The van der Waals surface area contributed by atoms with Gasteiger partial charge in [-0.05, 0) is 31.2 Å². The molecule has 3 rings (SSSR count). The maximum Gasteiger partial charge on any atom is 1.00 e. The van der Waals surface area contributed by atoms with Crippen LogP contribution in [0.3, 0.4) is 0 Å². The third-order valence-corrected chi connectivity index (χ3v) is 5.25. The molecule has 3 atom stereocenters. The first-order chi connectivity index (χ1) is 11.8. The van der Waals surface area contributed by atoms with Gasteiger partial charge in [0.15, 0.2) is 5.09 Å².